The van der Waals surface area contributed by atoms with E-state index < -0.39 is 21.7 Å². The predicted molar refractivity (Wildman–Crippen MR) is 132 cm³/mol. The van der Waals surface area contributed by atoms with E-state index in [-0.39, 0.29) is 34.0 Å². The lowest BCUT2D eigenvalue weighted by molar-refractivity contribution is 0.0600. The highest BCUT2D eigenvalue weighted by molar-refractivity contribution is 8.82. The average molecular weight is 515 g/mol. The quantitative estimate of drug-likeness (QED) is 0.155. The van der Waals surface area contributed by atoms with Crippen molar-refractivity contribution in [2.45, 2.75) is 25.5 Å². The summed E-state index contributed by atoms with van der Waals surface area (Å²) in [4.78, 5) is 20.3. The normalized spacial score (nSPS) is 11.7. The van der Waals surface area contributed by atoms with Crippen LogP contribution in [0.5, 0.6) is 11.8 Å². The van der Waals surface area contributed by atoms with E-state index in [1.807, 2.05) is 0 Å². The van der Waals surface area contributed by atoms with Gasteiger partial charge in [-0.05, 0) is 28.8 Å². The maximum absolute atomic E-state index is 12.9. The molecule has 2 rings (SSSR count). The second-order valence-corrected chi connectivity index (χ2v) is 10.5. The Morgan fingerprint density at radius 1 is 1.12 bits per heavy atom. The summed E-state index contributed by atoms with van der Waals surface area (Å²) >= 11 is 0. The van der Waals surface area contributed by atoms with Crippen molar-refractivity contribution < 1.29 is 27.4 Å². The van der Waals surface area contributed by atoms with Crippen molar-refractivity contribution in [2.75, 3.05) is 32.4 Å². The van der Waals surface area contributed by atoms with Gasteiger partial charge in [-0.15, -0.1) is 4.40 Å². The van der Waals surface area contributed by atoms with E-state index in [2.05, 4.69) is 26.6 Å². The number of nitrogens with one attached hydrogen (secondary N) is 1. The van der Waals surface area contributed by atoms with Gasteiger partial charge in [0.25, 0.3) is 10.0 Å². The fourth-order valence-electron chi connectivity index (χ4n) is 2.43. The Kier molecular flexibility index (Phi) is 10.7. The molecule has 0 aliphatic carbocycles. The van der Waals surface area contributed by atoms with Crippen LogP contribution in [-0.2, 0) is 20.5 Å². The van der Waals surface area contributed by atoms with Crippen molar-refractivity contribution >= 4 is 48.7 Å². The highest BCUT2D eigenvalue weighted by atomic mass is 33.1. The van der Waals surface area contributed by atoms with Gasteiger partial charge >= 0.3 is 5.97 Å². The van der Waals surface area contributed by atoms with E-state index >= 15 is 0 Å². The lowest BCUT2D eigenvalue weighted by Gasteiger charge is -2.11. The molecule has 0 aliphatic rings. The molecule has 0 saturated heterocycles. The van der Waals surface area contributed by atoms with E-state index in [0.29, 0.717) is 0 Å². The SMILES string of the molecule is CCCCSSC(=NS(=O)(=O)Cc1ccccc1C(=O)OC)Nc1nc(OC)cc(OC)n1. The molecule has 1 aromatic heterocycles. The number of hydrogen-bond donors (Lipinski definition) is 1. The summed E-state index contributed by atoms with van der Waals surface area (Å²) in [6, 6.07) is 7.82. The molecule has 180 valence electrons. The number of anilines is 1. The van der Waals surface area contributed by atoms with Gasteiger partial charge in [0.05, 0.1) is 38.7 Å². The van der Waals surface area contributed by atoms with Crippen molar-refractivity contribution in [1.82, 2.24) is 9.97 Å². The van der Waals surface area contributed by atoms with Gasteiger partial charge < -0.3 is 19.5 Å². The number of ether oxygens (including phenoxy) is 3. The van der Waals surface area contributed by atoms with Crippen LogP contribution in [0.2, 0.25) is 0 Å². The van der Waals surface area contributed by atoms with Crippen LogP contribution >= 0.6 is 21.6 Å². The fourth-order valence-corrected chi connectivity index (χ4v) is 5.98. The zero-order valence-corrected chi connectivity index (χ0v) is 21.2. The van der Waals surface area contributed by atoms with Crippen LogP contribution < -0.4 is 14.8 Å². The number of rotatable bonds is 11. The Morgan fingerprint density at radius 2 is 1.79 bits per heavy atom. The number of hydrogen-bond acceptors (Lipinski definition) is 10. The second kappa shape index (κ2) is 13.3. The molecule has 0 atom stereocenters. The van der Waals surface area contributed by atoms with Crippen LogP contribution in [0.1, 0.15) is 35.7 Å². The Balaban J connectivity index is 2.34. The van der Waals surface area contributed by atoms with E-state index in [4.69, 9.17) is 14.2 Å². The molecule has 13 heteroatoms. The first-order chi connectivity index (χ1) is 15.8. The molecule has 0 saturated carbocycles. The third kappa shape index (κ3) is 8.74. The highest BCUT2D eigenvalue weighted by Gasteiger charge is 2.19. The molecule has 0 bridgehead atoms. The average Bonchev–Trinajstić information content (AvgIpc) is 2.80. The molecule has 10 nitrogen and oxygen atoms in total. The first-order valence-corrected chi connectivity index (χ1v) is 13.8. The number of methoxy groups -OCH3 is 3. The van der Waals surface area contributed by atoms with Gasteiger partial charge in [0, 0.05) is 5.75 Å². The molecular weight excluding hydrogens is 488 g/mol. The zero-order chi connectivity index (χ0) is 24.3. The van der Waals surface area contributed by atoms with Gasteiger partial charge in [0.2, 0.25) is 17.7 Å². The number of nitrogens with zero attached hydrogens (tertiary/aromatic N) is 3. The molecule has 2 aromatic rings. The minimum Gasteiger partial charge on any atom is -0.481 e. The molecule has 0 radical (unpaired) electrons. The summed E-state index contributed by atoms with van der Waals surface area (Å²) in [5.41, 5.74) is 0.453. The number of carbonyl (C=O) groups excluding carboxylic acids is 1. The topological polar surface area (TPSA) is 129 Å². The van der Waals surface area contributed by atoms with Gasteiger partial charge in [-0.3, -0.25) is 0 Å². The van der Waals surface area contributed by atoms with Crippen molar-refractivity contribution in [1.29, 1.82) is 0 Å². The van der Waals surface area contributed by atoms with E-state index in [9.17, 15) is 13.2 Å². The second-order valence-electron chi connectivity index (χ2n) is 6.43. The van der Waals surface area contributed by atoms with Crippen LogP contribution in [0, 0.1) is 0 Å². The Labute approximate surface area is 201 Å². The van der Waals surface area contributed by atoms with Gasteiger partial charge in [0.15, 0.2) is 5.17 Å². The van der Waals surface area contributed by atoms with Gasteiger partial charge in [-0.25, -0.2) is 13.2 Å². The standard InChI is InChI=1S/C20H26N4O6S3/c1-5-6-11-31-32-20(23-19-21-16(28-2)12-17(22-19)29-3)24-33(26,27)13-14-9-7-8-10-15(14)18(25)30-4/h7-10,12H,5-6,11,13H2,1-4H3,(H,21,22,23,24). The lowest BCUT2D eigenvalue weighted by Crippen LogP contribution is -2.15. The van der Waals surface area contributed by atoms with E-state index in [1.54, 1.807) is 18.2 Å². The minimum atomic E-state index is -4.03. The summed E-state index contributed by atoms with van der Waals surface area (Å²) in [7, 11) is 2.71. The van der Waals surface area contributed by atoms with E-state index in [0.717, 1.165) is 29.4 Å². The maximum Gasteiger partial charge on any atom is 0.338 e. The van der Waals surface area contributed by atoms with Crippen molar-refractivity contribution in [2.24, 2.45) is 4.40 Å². The maximum atomic E-state index is 12.9. The largest absolute Gasteiger partial charge is 0.481 e. The Hall–Kier alpha value is -2.51. The monoisotopic (exact) mass is 514 g/mol. The summed E-state index contributed by atoms with van der Waals surface area (Å²) in [5, 5.41) is 2.91. The first kappa shape index (κ1) is 26.7. The molecular formula is C20H26N4O6S3. The summed E-state index contributed by atoms with van der Waals surface area (Å²) in [5.74, 6) is 0.244. The molecule has 1 aromatic carbocycles. The molecule has 33 heavy (non-hydrogen) atoms. The minimum absolute atomic E-state index is 0.0682. The highest BCUT2D eigenvalue weighted by Crippen LogP contribution is 2.27. The van der Waals surface area contributed by atoms with Crippen molar-refractivity contribution in [3.05, 3.63) is 41.5 Å². The van der Waals surface area contributed by atoms with Crippen molar-refractivity contribution in [3.8, 4) is 11.8 Å². The zero-order valence-electron chi connectivity index (χ0n) is 18.7. The summed E-state index contributed by atoms with van der Waals surface area (Å²) < 4.78 is 44.8. The number of unbranched alkanes of at least 4 members (excludes halogenated alkanes) is 1. The third-order valence-corrected chi connectivity index (χ3v) is 7.52. The predicted octanol–water partition coefficient (Wildman–Crippen LogP) is 3.76. The van der Waals surface area contributed by atoms with Crippen LogP contribution in [0.25, 0.3) is 0 Å². The number of amidine groups is 1. The molecule has 0 unspecified atom stereocenters. The van der Waals surface area contributed by atoms with Crippen LogP contribution in [0.4, 0.5) is 5.95 Å². The fraction of sp³-hybridized carbons (Fsp3) is 0.400. The Morgan fingerprint density at radius 3 is 2.39 bits per heavy atom. The molecule has 0 amide bonds. The number of benzene rings is 1. The Bertz CT molecular complexity index is 1060. The van der Waals surface area contributed by atoms with Gasteiger partial charge in [-0.1, -0.05) is 42.3 Å². The van der Waals surface area contributed by atoms with Crippen molar-refractivity contribution in [3.63, 3.8) is 0 Å². The van der Waals surface area contributed by atoms with E-state index in [1.165, 1.54) is 44.3 Å². The smallest absolute Gasteiger partial charge is 0.338 e. The van der Waals surface area contributed by atoms with Gasteiger partial charge in [-0.2, -0.15) is 9.97 Å². The first-order valence-electron chi connectivity index (χ1n) is 9.84. The number of esters is 1. The molecule has 0 spiro atoms. The summed E-state index contributed by atoms with van der Waals surface area (Å²) in [6.07, 6.45) is 1.97. The van der Waals surface area contributed by atoms with Crippen LogP contribution in [0.15, 0.2) is 34.7 Å². The third-order valence-electron chi connectivity index (χ3n) is 4.02. The lowest BCUT2D eigenvalue weighted by atomic mass is 10.1. The molecule has 1 N–H and O–H groups in total. The summed E-state index contributed by atoms with van der Waals surface area (Å²) in [6.45, 7) is 2.07. The number of sulfonamides is 1. The van der Waals surface area contributed by atoms with Crippen LogP contribution in [-0.4, -0.2) is 56.6 Å². The number of aromatic nitrogens is 2. The molecule has 0 aliphatic heterocycles. The molecule has 0 fully saturated rings. The number of carbonyl (C=O) groups is 1. The molecule has 1 heterocycles. The van der Waals surface area contributed by atoms with Gasteiger partial charge in [0.1, 0.15) is 0 Å². The van der Waals surface area contributed by atoms with Crippen LogP contribution in [0.3, 0.4) is 0 Å².